The first kappa shape index (κ1) is 23.9. The molecule has 0 aliphatic carbocycles. The van der Waals surface area contributed by atoms with Crippen LogP contribution >= 0.6 is 11.8 Å². The Bertz CT molecular complexity index is 967. The van der Waals surface area contributed by atoms with E-state index in [4.69, 9.17) is 9.47 Å². The standard InChI is InChI=1S/C23H21FO6S/c1-15(2)21(25)30-19-7-5-17(6-8-19)23(27)31-20-11-9-18(10-12-20)28-13-4-14-29-22(26)16(3)24/h5-12H,1,3-4,13-14H2,2H3. The lowest BCUT2D eigenvalue weighted by molar-refractivity contribution is -0.141. The van der Waals surface area contributed by atoms with Crippen LogP contribution in [0.15, 0.2) is 78.0 Å². The number of carbonyl (C=O) groups is 3. The van der Waals surface area contributed by atoms with Gasteiger partial charge in [0.05, 0.1) is 13.2 Å². The maximum absolute atomic E-state index is 12.4. The summed E-state index contributed by atoms with van der Waals surface area (Å²) in [5.74, 6) is -1.82. The number of halogens is 1. The van der Waals surface area contributed by atoms with Crippen molar-refractivity contribution < 1.29 is 33.0 Å². The molecule has 0 heterocycles. The summed E-state index contributed by atoms with van der Waals surface area (Å²) in [6.07, 6.45) is 0.395. The number of benzene rings is 2. The molecular formula is C23H21FO6S. The highest BCUT2D eigenvalue weighted by atomic mass is 32.2. The molecule has 162 valence electrons. The van der Waals surface area contributed by atoms with E-state index >= 15 is 0 Å². The Hall–Kier alpha value is -3.39. The topological polar surface area (TPSA) is 78.9 Å². The molecule has 0 unspecified atom stereocenters. The fraction of sp³-hybridized carbons (Fsp3) is 0.174. The molecule has 0 fully saturated rings. The van der Waals surface area contributed by atoms with Crippen LogP contribution in [0, 0.1) is 0 Å². The van der Waals surface area contributed by atoms with Crippen LogP contribution in [-0.2, 0) is 14.3 Å². The van der Waals surface area contributed by atoms with E-state index in [2.05, 4.69) is 17.9 Å². The van der Waals surface area contributed by atoms with Crippen LogP contribution in [0.3, 0.4) is 0 Å². The van der Waals surface area contributed by atoms with Crippen molar-refractivity contribution in [1.82, 2.24) is 0 Å². The van der Waals surface area contributed by atoms with Gasteiger partial charge in [-0.05, 0) is 67.2 Å². The van der Waals surface area contributed by atoms with Crippen LogP contribution < -0.4 is 9.47 Å². The largest absolute Gasteiger partial charge is 0.493 e. The van der Waals surface area contributed by atoms with E-state index in [0.29, 0.717) is 23.5 Å². The van der Waals surface area contributed by atoms with Crippen molar-refractivity contribution in [3.8, 4) is 11.5 Å². The van der Waals surface area contributed by atoms with Crippen LogP contribution in [0.25, 0.3) is 0 Å². The van der Waals surface area contributed by atoms with Gasteiger partial charge < -0.3 is 14.2 Å². The molecular weight excluding hydrogens is 423 g/mol. The molecule has 0 saturated carbocycles. The number of ether oxygens (including phenoxy) is 3. The van der Waals surface area contributed by atoms with E-state index in [1.54, 1.807) is 55.5 Å². The normalized spacial score (nSPS) is 10.1. The minimum absolute atomic E-state index is 0.0232. The van der Waals surface area contributed by atoms with Crippen LogP contribution in [0.1, 0.15) is 23.7 Å². The van der Waals surface area contributed by atoms with Gasteiger partial charge in [-0.25, -0.2) is 9.59 Å². The first-order chi connectivity index (χ1) is 14.8. The van der Waals surface area contributed by atoms with E-state index in [9.17, 15) is 18.8 Å². The molecule has 0 radical (unpaired) electrons. The summed E-state index contributed by atoms with van der Waals surface area (Å²) >= 11 is 1.05. The summed E-state index contributed by atoms with van der Waals surface area (Å²) in [7, 11) is 0. The van der Waals surface area contributed by atoms with Crippen LogP contribution in [0.2, 0.25) is 0 Å². The van der Waals surface area contributed by atoms with Crippen molar-refractivity contribution in [2.24, 2.45) is 0 Å². The Labute approximate surface area is 183 Å². The fourth-order valence-electron chi connectivity index (χ4n) is 2.12. The maximum atomic E-state index is 12.4. The molecule has 0 N–H and O–H groups in total. The number of hydrogen-bond donors (Lipinski definition) is 0. The molecule has 0 spiro atoms. The Morgan fingerprint density at radius 2 is 1.52 bits per heavy atom. The molecule has 0 atom stereocenters. The van der Waals surface area contributed by atoms with Gasteiger partial charge in [0.2, 0.25) is 10.9 Å². The Balaban J connectivity index is 1.79. The highest BCUT2D eigenvalue weighted by Crippen LogP contribution is 2.26. The first-order valence-electron chi connectivity index (χ1n) is 9.20. The van der Waals surface area contributed by atoms with E-state index in [-0.39, 0.29) is 23.9 Å². The van der Waals surface area contributed by atoms with Crippen molar-refractivity contribution >= 4 is 28.8 Å². The van der Waals surface area contributed by atoms with E-state index < -0.39 is 17.8 Å². The highest BCUT2D eigenvalue weighted by Gasteiger charge is 2.11. The molecule has 0 aliphatic rings. The Morgan fingerprint density at radius 1 is 0.903 bits per heavy atom. The molecule has 0 amide bonds. The number of rotatable bonds is 10. The predicted molar refractivity (Wildman–Crippen MR) is 115 cm³/mol. The maximum Gasteiger partial charge on any atom is 0.366 e. The van der Waals surface area contributed by atoms with Gasteiger partial charge in [0, 0.05) is 22.5 Å². The summed E-state index contributed by atoms with van der Waals surface area (Å²) in [5.41, 5.74) is 0.751. The molecule has 0 bridgehead atoms. The van der Waals surface area contributed by atoms with Gasteiger partial charge in [0.25, 0.3) is 0 Å². The van der Waals surface area contributed by atoms with Gasteiger partial charge in [0.15, 0.2) is 0 Å². The summed E-state index contributed by atoms with van der Waals surface area (Å²) in [6.45, 7) is 8.22. The second kappa shape index (κ2) is 11.7. The second-order valence-corrected chi connectivity index (χ2v) is 7.34. The number of esters is 2. The van der Waals surface area contributed by atoms with E-state index in [1.807, 2.05) is 0 Å². The summed E-state index contributed by atoms with van der Waals surface area (Å²) in [6, 6.07) is 13.2. The van der Waals surface area contributed by atoms with Crippen molar-refractivity contribution in [3.05, 3.63) is 78.7 Å². The van der Waals surface area contributed by atoms with Crippen molar-refractivity contribution in [3.63, 3.8) is 0 Å². The summed E-state index contributed by atoms with van der Waals surface area (Å²) in [4.78, 5) is 35.6. The van der Waals surface area contributed by atoms with Crippen molar-refractivity contribution in [2.75, 3.05) is 13.2 Å². The summed E-state index contributed by atoms with van der Waals surface area (Å²) in [5, 5.41) is -0.164. The van der Waals surface area contributed by atoms with Crippen LogP contribution in [-0.4, -0.2) is 30.3 Å². The molecule has 2 aromatic carbocycles. The van der Waals surface area contributed by atoms with Gasteiger partial charge in [-0.15, -0.1) is 0 Å². The fourth-order valence-corrected chi connectivity index (χ4v) is 2.86. The smallest absolute Gasteiger partial charge is 0.366 e. The average molecular weight is 444 g/mol. The van der Waals surface area contributed by atoms with Crippen molar-refractivity contribution in [2.45, 2.75) is 18.2 Å². The number of carbonyl (C=O) groups excluding carboxylic acids is 3. The minimum atomic E-state index is -1.13. The third-order valence-corrected chi connectivity index (χ3v) is 4.62. The lowest BCUT2D eigenvalue weighted by Crippen LogP contribution is -2.08. The lowest BCUT2D eigenvalue weighted by atomic mass is 10.2. The van der Waals surface area contributed by atoms with Crippen LogP contribution in [0.4, 0.5) is 4.39 Å². The van der Waals surface area contributed by atoms with Crippen LogP contribution in [0.5, 0.6) is 11.5 Å². The molecule has 2 rings (SSSR count). The molecule has 31 heavy (non-hydrogen) atoms. The van der Waals surface area contributed by atoms with Gasteiger partial charge in [-0.2, -0.15) is 4.39 Å². The van der Waals surface area contributed by atoms with Gasteiger partial charge >= 0.3 is 11.9 Å². The number of hydrogen-bond acceptors (Lipinski definition) is 7. The van der Waals surface area contributed by atoms with E-state index in [1.165, 1.54) is 0 Å². The second-order valence-electron chi connectivity index (χ2n) is 6.30. The highest BCUT2D eigenvalue weighted by molar-refractivity contribution is 8.14. The zero-order valence-corrected chi connectivity index (χ0v) is 17.7. The molecule has 2 aromatic rings. The first-order valence-corrected chi connectivity index (χ1v) is 10.0. The quantitative estimate of drug-likeness (QED) is 0.170. The SMILES string of the molecule is C=C(C)C(=O)Oc1ccc(C(=O)Sc2ccc(OCCCOC(=O)C(=C)F)cc2)cc1. The Kier molecular flexibility index (Phi) is 9.02. The molecule has 8 heteroatoms. The third-order valence-electron chi connectivity index (χ3n) is 3.70. The third kappa shape index (κ3) is 8.10. The van der Waals surface area contributed by atoms with Gasteiger partial charge in [0.1, 0.15) is 11.5 Å². The summed E-state index contributed by atoms with van der Waals surface area (Å²) < 4.78 is 27.7. The number of thioether (sulfide) groups is 1. The molecule has 0 aromatic heterocycles. The van der Waals surface area contributed by atoms with E-state index in [0.717, 1.165) is 16.7 Å². The monoisotopic (exact) mass is 444 g/mol. The predicted octanol–water partition coefficient (Wildman–Crippen LogP) is 4.90. The lowest BCUT2D eigenvalue weighted by Gasteiger charge is -2.08. The molecule has 6 nitrogen and oxygen atoms in total. The minimum Gasteiger partial charge on any atom is -0.493 e. The zero-order chi connectivity index (χ0) is 22.8. The molecule has 0 saturated heterocycles. The van der Waals surface area contributed by atoms with Gasteiger partial charge in [-0.3, -0.25) is 4.79 Å². The average Bonchev–Trinajstić information content (AvgIpc) is 2.74. The zero-order valence-electron chi connectivity index (χ0n) is 16.9. The molecule has 0 aliphatic heterocycles. The van der Waals surface area contributed by atoms with Gasteiger partial charge in [-0.1, -0.05) is 13.2 Å². The Morgan fingerprint density at radius 3 is 2.10 bits per heavy atom. The van der Waals surface area contributed by atoms with Crippen molar-refractivity contribution in [1.29, 1.82) is 0 Å².